The fourth-order valence-electron chi connectivity index (χ4n) is 6.69. The Hall–Kier alpha value is -3.15. The number of benzene rings is 3. The van der Waals surface area contributed by atoms with E-state index in [1.54, 1.807) is 0 Å². The Kier molecular flexibility index (Phi) is 10.4. The van der Waals surface area contributed by atoms with Crippen molar-refractivity contribution in [2.45, 2.75) is 45.4 Å². The van der Waals surface area contributed by atoms with Crippen LogP contribution in [0.3, 0.4) is 0 Å². The first-order valence-electron chi connectivity index (χ1n) is 15.2. The molecule has 0 radical (unpaired) electrons. The second-order valence-corrected chi connectivity index (χ2v) is 11.3. The number of rotatable bonds is 15. The van der Waals surface area contributed by atoms with Crippen LogP contribution in [0, 0.1) is 5.92 Å². The molecule has 3 aromatic rings. The van der Waals surface area contributed by atoms with Gasteiger partial charge in [-0.2, -0.15) is 0 Å². The van der Waals surface area contributed by atoms with Gasteiger partial charge < -0.3 is 19.9 Å². The molecule has 3 aromatic carbocycles. The van der Waals surface area contributed by atoms with Gasteiger partial charge in [0.15, 0.2) is 0 Å². The molecule has 1 fully saturated rings. The maximum atomic E-state index is 13.3. The van der Waals surface area contributed by atoms with E-state index in [0.717, 1.165) is 66.9 Å². The van der Waals surface area contributed by atoms with Gasteiger partial charge in [0.1, 0.15) is 11.2 Å². The summed E-state index contributed by atoms with van der Waals surface area (Å²) in [6.07, 6.45) is 2.98. The summed E-state index contributed by atoms with van der Waals surface area (Å²) in [5, 5.41) is 0. The average Bonchev–Trinajstić information content (AvgIpc) is 3.47. The van der Waals surface area contributed by atoms with Gasteiger partial charge in [0.25, 0.3) is 0 Å². The monoisotopic (exact) mass is 542 g/mol. The van der Waals surface area contributed by atoms with Gasteiger partial charge in [-0.25, -0.2) is 0 Å². The number of hydrogen-bond acceptors (Lipinski definition) is 3. The third-order valence-electron chi connectivity index (χ3n) is 9.43. The maximum absolute atomic E-state index is 13.3. The predicted molar refractivity (Wildman–Crippen MR) is 164 cm³/mol. The summed E-state index contributed by atoms with van der Waals surface area (Å²) in [7, 11) is 0. The molecule has 5 heteroatoms. The fourth-order valence-corrected chi connectivity index (χ4v) is 6.69. The molecule has 4 rings (SSSR count). The lowest BCUT2D eigenvalue weighted by atomic mass is 9.64. The Morgan fingerprint density at radius 2 is 1.48 bits per heavy atom. The zero-order valence-corrected chi connectivity index (χ0v) is 24.7. The van der Waals surface area contributed by atoms with Crippen LogP contribution in [-0.4, -0.2) is 67.7 Å². The number of hydrogen-bond donors (Lipinski definition) is 1. The standard InChI is InChI=1S/C35H47N3O2/c1-4-38(5-2,6-3)26-13-27-40-33-20-18-29(19-21-33)22-24-37-25-23-32(28-37)35(34(36)39,30-14-9-7-10-15-30)31-16-11-8-12-17-31/h7-12,14-21,32H,4-6,13,22-28H2,1-3H3,(H-,36,39)/p+1. The van der Waals surface area contributed by atoms with Gasteiger partial charge in [-0.3, -0.25) is 4.79 Å². The number of nitrogens with two attached hydrogens (primary N) is 1. The van der Waals surface area contributed by atoms with Gasteiger partial charge in [-0.1, -0.05) is 72.8 Å². The first-order valence-corrected chi connectivity index (χ1v) is 15.2. The van der Waals surface area contributed by atoms with E-state index >= 15 is 0 Å². The summed E-state index contributed by atoms with van der Waals surface area (Å²) < 4.78 is 7.23. The van der Waals surface area contributed by atoms with E-state index in [0.29, 0.717) is 0 Å². The van der Waals surface area contributed by atoms with Crippen molar-refractivity contribution in [3.63, 3.8) is 0 Å². The molecule has 1 heterocycles. The van der Waals surface area contributed by atoms with Crippen LogP contribution in [0.2, 0.25) is 0 Å². The molecule has 2 N–H and O–H groups in total. The molecule has 1 aliphatic heterocycles. The third kappa shape index (κ3) is 6.59. The van der Waals surface area contributed by atoms with Gasteiger partial charge in [-0.05, 0) is 74.9 Å². The largest absolute Gasteiger partial charge is 0.493 e. The van der Waals surface area contributed by atoms with Crippen LogP contribution in [0.5, 0.6) is 5.75 Å². The predicted octanol–water partition coefficient (Wildman–Crippen LogP) is 5.67. The second kappa shape index (κ2) is 14.0. The summed E-state index contributed by atoms with van der Waals surface area (Å²) >= 11 is 0. The minimum Gasteiger partial charge on any atom is -0.493 e. The van der Waals surface area contributed by atoms with Crippen LogP contribution in [0.4, 0.5) is 0 Å². The third-order valence-corrected chi connectivity index (χ3v) is 9.43. The second-order valence-electron chi connectivity index (χ2n) is 11.3. The molecule has 1 saturated heterocycles. The van der Waals surface area contributed by atoms with E-state index in [2.05, 4.69) is 74.2 Å². The number of likely N-dealkylation sites (tertiary alicyclic amines) is 1. The van der Waals surface area contributed by atoms with E-state index in [-0.39, 0.29) is 11.8 Å². The SMILES string of the molecule is CC[N+](CC)(CC)CCCOc1ccc(CCN2CCC(C(C(N)=O)(c3ccccc3)c3ccccc3)C2)cc1. The summed E-state index contributed by atoms with van der Waals surface area (Å²) in [6, 6.07) is 28.8. The lowest BCUT2D eigenvalue weighted by molar-refractivity contribution is -0.923. The van der Waals surface area contributed by atoms with Gasteiger partial charge in [0.2, 0.25) is 5.91 Å². The van der Waals surface area contributed by atoms with Crippen LogP contribution in [0.15, 0.2) is 84.9 Å². The topological polar surface area (TPSA) is 55.6 Å². The summed E-state index contributed by atoms with van der Waals surface area (Å²) in [5.74, 6) is 0.802. The van der Waals surface area contributed by atoms with E-state index in [4.69, 9.17) is 10.5 Å². The Morgan fingerprint density at radius 1 is 0.900 bits per heavy atom. The number of nitrogens with zero attached hydrogens (tertiary/aromatic N) is 2. The molecule has 1 atom stereocenters. The van der Waals surface area contributed by atoms with E-state index in [9.17, 15) is 4.79 Å². The van der Waals surface area contributed by atoms with Gasteiger partial charge in [-0.15, -0.1) is 0 Å². The number of primary amides is 1. The van der Waals surface area contributed by atoms with Crippen molar-refractivity contribution in [2.75, 3.05) is 52.4 Å². The molecular weight excluding hydrogens is 494 g/mol. The highest BCUT2D eigenvalue weighted by molar-refractivity contribution is 5.91. The number of amides is 1. The van der Waals surface area contributed by atoms with Crippen molar-refractivity contribution >= 4 is 5.91 Å². The maximum Gasteiger partial charge on any atom is 0.232 e. The molecule has 40 heavy (non-hydrogen) atoms. The molecule has 5 nitrogen and oxygen atoms in total. The molecule has 1 amide bonds. The Balaban J connectivity index is 1.34. The van der Waals surface area contributed by atoms with E-state index in [1.807, 2.05) is 36.4 Å². The van der Waals surface area contributed by atoms with Gasteiger partial charge in [0.05, 0.1) is 32.8 Å². The fraction of sp³-hybridized carbons (Fsp3) is 0.457. The highest BCUT2D eigenvalue weighted by Gasteiger charge is 2.49. The summed E-state index contributed by atoms with van der Waals surface area (Å²) in [6.45, 7) is 15.1. The molecule has 1 aliphatic rings. The highest BCUT2D eigenvalue weighted by Crippen LogP contribution is 2.43. The van der Waals surface area contributed by atoms with Crippen molar-refractivity contribution in [2.24, 2.45) is 11.7 Å². The van der Waals surface area contributed by atoms with Crippen LogP contribution in [0.1, 0.15) is 50.3 Å². The summed E-state index contributed by atoms with van der Waals surface area (Å²) in [4.78, 5) is 15.8. The van der Waals surface area contributed by atoms with Crippen molar-refractivity contribution in [3.05, 3.63) is 102 Å². The minimum atomic E-state index is -0.833. The lowest BCUT2D eigenvalue weighted by Gasteiger charge is -2.37. The minimum absolute atomic E-state index is 0.121. The summed E-state index contributed by atoms with van der Waals surface area (Å²) in [5.41, 5.74) is 8.70. The lowest BCUT2D eigenvalue weighted by Crippen LogP contribution is -2.49. The van der Waals surface area contributed by atoms with Crippen molar-refractivity contribution < 1.29 is 14.0 Å². The normalized spacial score (nSPS) is 16.2. The molecule has 214 valence electrons. The molecule has 0 spiro atoms. The van der Waals surface area contributed by atoms with Crippen molar-refractivity contribution in [1.82, 2.24) is 4.90 Å². The molecule has 0 bridgehead atoms. The Labute approximate surface area is 241 Å². The number of ether oxygens (including phenoxy) is 1. The molecule has 0 saturated carbocycles. The Morgan fingerprint density at radius 3 is 2.00 bits per heavy atom. The van der Waals surface area contributed by atoms with Crippen LogP contribution >= 0.6 is 0 Å². The molecule has 0 aromatic heterocycles. The van der Waals surface area contributed by atoms with Gasteiger partial charge >= 0.3 is 0 Å². The number of carbonyl (C=O) groups excluding carboxylic acids is 1. The molecule has 1 unspecified atom stereocenters. The van der Waals surface area contributed by atoms with Crippen molar-refractivity contribution in [1.29, 1.82) is 0 Å². The smallest absolute Gasteiger partial charge is 0.232 e. The van der Waals surface area contributed by atoms with Crippen molar-refractivity contribution in [3.8, 4) is 5.75 Å². The first-order chi connectivity index (χ1) is 19.5. The number of quaternary nitrogens is 1. The van der Waals surface area contributed by atoms with E-state index in [1.165, 1.54) is 31.7 Å². The van der Waals surface area contributed by atoms with Crippen LogP contribution in [-0.2, 0) is 16.6 Å². The Bertz CT molecular complexity index is 1130. The van der Waals surface area contributed by atoms with Crippen LogP contribution in [0.25, 0.3) is 0 Å². The van der Waals surface area contributed by atoms with Gasteiger partial charge in [0, 0.05) is 19.5 Å². The zero-order chi connectivity index (χ0) is 28.4. The first kappa shape index (κ1) is 29.8. The van der Waals surface area contributed by atoms with E-state index < -0.39 is 5.41 Å². The molecule has 0 aliphatic carbocycles. The van der Waals surface area contributed by atoms with Crippen LogP contribution < -0.4 is 10.5 Å². The quantitative estimate of drug-likeness (QED) is 0.199. The average molecular weight is 543 g/mol. The highest BCUT2D eigenvalue weighted by atomic mass is 16.5. The number of carbonyl (C=O) groups is 1. The molecular formula is C35H48N3O2+. The zero-order valence-electron chi connectivity index (χ0n) is 24.7.